The second-order valence-corrected chi connectivity index (χ2v) is 2.52. The summed E-state index contributed by atoms with van der Waals surface area (Å²) in [5.41, 5.74) is 0. The Balaban J connectivity index is 2.32. The van der Waals surface area contributed by atoms with Crippen LogP contribution in [-0.4, -0.2) is 13.4 Å². The van der Waals surface area contributed by atoms with E-state index in [4.69, 9.17) is 13.9 Å². The maximum absolute atomic E-state index is 5.37. The number of hydrogen-bond donors (Lipinski definition) is 0. The summed E-state index contributed by atoms with van der Waals surface area (Å²) in [4.78, 5) is 0. The lowest BCUT2D eigenvalue weighted by molar-refractivity contribution is -0.102. The standard InChI is InChI=1S/C10H14O3/c1-3-5-10(11-2)13-8-9-6-4-7-12-9/h3-7,10H,8H2,1-2H3/b5-3+. The van der Waals surface area contributed by atoms with Gasteiger partial charge in [-0.25, -0.2) is 0 Å². The molecule has 0 aliphatic rings. The molecule has 3 heteroatoms. The van der Waals surface area contributed by atoms with Crippen molar-refractivity contribution in [2.75, 3.05) is 7.11 Å². The van der Waals surface area contributed by atoms with Gasteiger partial charge in [0.15, 0.2) is 6.29 Å². The molecule has 1 atom stereocenters. The Labute approximate surface area is 78.0 Å². The molecule has 0 fully saturated rings. The van der Waals surface area contributed by atoms with Crippen molar-refractivity contribution in [2.24, 2.45) is 0 Å². The van der Waals surface area contributed by atoms with Crippen LogP contribution in [0.1, 0.15) is 12.7 Å². The normalized spacial score (nSPS) is 13.7. The molecule has 72 valence electrons. The molecule has 0 radical (unpaired) electrons. The van der Waals surface area contributed by atoms with E-state index in [1.807, 2.05) is 31.2 Å². The number of rotatable bonds is 5. The van der Waals surface area contributed by atoms with Crippen LogP contribution >= 0.6 is 0 Å². The van der Waals surface area contributed by atoms with E-state index in [-0.39, 0.29) is 6.29 Å². The van der Waals surface area contributed by atoms with Gasteiger partial charge in [0, 0.05) is 7.11 Å². The molecule has 0 aromatic carbocycles. The molecule has 1 aromatic heterocycles. The molecule has 0 saturated heterocycles. The van der Waals surface area contributed by atoms with Gasteiger partial charge in [-0.1, -0.05) is 6.08 Å². The van der Waals surface area contributed by atoms with Gasteiger partial charge >= 0.3 is 0 Å². The Morgan fingerprint density at radius 1 is 1.62 bits per heavy atom. The molecule has 1 unspecified atom stereocenters. The van der Waals surface area contributed by atoms with Gasteiger partial charge in [0.2, 0.25) is 0 Å². The summed E-state index contributed by atoms with van der Waals surface area (Å²) in [5.74, 6) is 0.798. The fraction of sp³-hybridized carbons (Fsp3) is 0.400. The lowest BCUT2D eigenvalue weighted by Crippen LogP contribution is -2.11. The highest BCUT2D eigenvalue weighted by atomic mass is 16.7. The molecule has 0 spiro atoms. The number of methoxy groups -OCH3 is 1. The third-order valence-corrected chi connectivity index (χ3v) is 1.55. The first-order valence-corrected chi connectivity index (χ1v) is 4.16. The van der Waals surface area contributed by atoms with E-state index in [2.05, 4.69) is 0 Å². The van der Waals surface area contributed by atoms with Crippen LogP contribution in [0.2, 0.25) is 0 Å². The Hall–Kier alpha value is -1.06. The highest BCUT2D eigenvalue weighted by molar-refractivity contribution is 4.96. The minimum Gasteiger partial charge on any atom is -0.467 e. The summed E-state index contributed by atoms with van der Waals surface area (Å²) in [6, 6.07) is 3.69. The van der Waals surface area contributed by atoms with Crippen LogP contribution in [0, 0.1) is 0 Å². The van der Waals surface area contributed by atoms with E-state index in [0.29, 0.717) is 6.61 Å². The average Bonchev–Trinajstić information content (AvgIpc) is 2.64. The van der Waals surface area contributed by atoms with Gasteiger partial charge in [-0.15, -0.1) is 0 Å². The highest BCUT2D eigenvalue weighted by Crippen LogP contribution is 2.05. The lowest BCUT2D eigenvalue weighted by Gasteiger charge is -2.10. The third-order valence-electron chi connectivity index (χ3n) is 1.55. The second-order valence-electron chi connectivity index (χ2n) is 2.52. The summed E-state index contributed by atoms with van der Waals surface area (Å²) < 4.78 is 15.5. The average molecular weight is 182 g/mol. The van der Waals surface area contributed by atoms with Crippen LogP contribution in [0.5, 0.6) is 0 Å². The molecule has 3 nitrogen and oxygen atoms in total. The zero-order valence-corrected chi connectivity index (χ0v) is 7.90. The minimum absolute atomic E-state index is 0.296. The summed E-state index contributed by atoms with van der Waals surface area (Å²) in [6.45, 7) is 2.35. The van der Waals surface area contributed by atoms with Crippen molar-refractivity contribution < 1.29 is 13.9 Å². The molecule has 0 aliphatic heterocycles. The zero-order valence-electron chi connectivity index (χ0n) is 7.90. The molecule has 0 saturated carbocycles. The summed E-state index contributed by atoms with van der Waals surface area (Å²) in [5, 5.41) is 0. The number of hydrogen-bond acceptors (Lipinski definition) is 3. The Morgan fingerprint density at radius 2 is 2.46 bits per heavy atom. The monoisotopic (exact) mass is 182 g/mol. The first-order valence-electron chi connectivity index (χ1n) is 4.16. The van der Waals surface area contributed by atoms with Gasteiger partial charge in [-0.3, -0.25) is 0 Å². The fourth-order valence-corrected chi connectivity index (χ4v) is 0.918. The summed E-state index contributed by atoms with van der Waals surface area (Å²) in [6.07, 6.45) is 5.05. The zero-order chi connectivity index (χ0) is 9.52. The molecule has 1 rings (SSSR count). The number of allylic oxidation sites excluding steroid dienone is 1. The van der Waals surface area contributed by atoms with E-state index in [9.17, 15) is 0 Å². The predicted molar refractivity (Wildman–Crippen MR) is 49.1 cm³/mol. The van der Waals surface area contributed by atoms with Gasteiger partial charge in [0.1, 0.15) is 12.4 Å². The Morgan fingerprint density at radius 3 is 3.00 bits per heavy atom. The number of furan rings is 1. The first kappa shape index (κ1) is 10.0. The molecule has 0 aliphatic carbocycles. The summed E-state index contributed by atoms with van der Waals surface area (Å²) >= 11 is 0. The Kier molecular flexibility index (Phi) is 4.29. The maximum atomic E-state index is 5.37. The van der Waals surface area contributed by atoms with E-state index in [1.54, 1.807) is 13.4 Å². The van der Waals surface area contributed by atoms with Crippen molar-refractivity contribution in [3.8, 4) is 0 Å². The van der Waals surface area contributed by atoms with Gasteiger partial charge in [-0.2, -0.15) is 0 Å². The van der Waals surface area contributed by atoms with E-state index >= 15 is 0 Å². The highest BCUT2D eigenvalue weighted by Gasteiger charge is 2.03. The van der Waals surface area contributed by atoms with Crippen molar-refractivity contribution in [3.05, 3.63) is 36.3 Å². The van der Waals surface area contributed by atoms with Crippen LogP contribution in [0.3, 0.4) is 0 Å². The SMILES string of the molecule is C/C=C/C(OC)OCc1ccco1. The minimum atomic E-state index is -0.296. The molecule has 0 bridgehead atoms. The molecule has 0 N–H and O–H groups in total. The van der Waals surface area contributed by atoms with Crippen LogP contribution < -0.4 is 0 Å². The topological polar surface area (TPSA) is 31.6 Å². The molecular weight excluding hydrogens is 168 g/mol. The van der Waals surface area contributed by atoms with Crippen LogP contribution in [0.15, 0.2) is 35.0 Å². The van der Waals surface area contributed by atoms with E-state index in [0.717, 1.165) is 5.76 Å². The van der Waals surface area contributed by atoms with Crippen LogP contribution in [0.25, 0.3) is 0 Å². The second kappa shape index (κ2) is 5.56. The van der Waals surface area contributed by atoms with Gasteiger partial charge < -0.3 is 13.9 Å². The number of ether oxygens (including phenoxy) is 2. The van der Waals surface area contributed by atoms with Gasteiger partial charge in [0.05, 0.1) is 6.26 Å². The van der Waals surface area contributed by atoms with E-state index < -0.39 is 0 Å². The Bertz CT molecular complexity index is 239. The summed E-state index contributed by atoms with van der Waals surface area (Å²) in [7, 11) is 1.60. The predicted octanol–water partition coefficient (Wildman–Crippen LogP) is 2.34. The van der Waals surface area contributed by atoms with Crippen molar-refractivity contribution in [1.29, 1.82) is 0 Å². The molecule has 1 aromatic rings. The lowest BCUT2D eigenvalue weighted by atomic mass is 10.4. The fourth-order valence-electron chi connectivity index (χ4n) is 0.918. The van der Waals surface area contributed by atoms with Gasteiger partial charge in [0.25, 0.3) is 0 Å². The first-order chi connectivity index (χ1) is 6.36. The van der Waals surface area contributed by atoms with Gasteiger partial charge in [-0.05, 0) is 25.1 Å². The molecular formula is C10H14O3. The molecule has 0 amide bonds. The van der Waals surface area contributed by atoms with Crippen LogP contribution in [-0.2, 0) is 16.1 Å². The van der Waals surface area contributed by atoms with Crippen LogP contribution in [0.4, 0.5) is 0 Å². The van der Waals surface area contributed by atoms with Crippen molar-refractivity contribution >= 4 is 0 Å². The van der Waals surface area contributed by atoms with Crippen molar-refractivity contribution in [2.45, 2.75) is 19.8 Å². The van der Waals surface area contributed by atoms with Crippen molar-refractivity contribution in [1.82, 2.24) is 0 Å². The largest absolute Gasteiger partial charge is 0.467 e. The van der Waals surface area contributed by atoms with Crippen molar-refractivity contribution in [3.63, 3.8) is 0 Å². The smallest absolute Gasteiger partial charge is 0.177 e. The maximum Gasteiger partial charge on any atom is 0.177 e. The quantitative estimate of drug-likeness (QED) is 0.517. The third kappa shape index (κ3) is 3.44. The molecule has 1 heterocycles. The molecule has 13 heavy (non-hydrogen) atoms. The van der Waals surface area contributed by atoms with E-state index in [1.165, 1.54) is 0 Å².